The number of benzene rings is 10. The number of aryl methyl sites for hydroxylation is 1. The standard InChI is InChI=1S/C20H16N2.C19H14BN2O2.2C10H8.2C2H6.CH3.Y/c1-15-11-13-16(14-12-15)20-21-18-9-5-6-10-19(18)22(20)17-7-3-2-4-8-17;23-20-24-16-12-10-14(11-13-16)19-21-17-8-4-5-9-18(17)22(19)15-6-2-1-3-7-15;2*1-2-6-10-8-4-3-7-9(10)5-1;2*1-2;;/h2-14H,1H3;1-13,23H;2*1-8H;2*1-2H3;1H3;/q;;;;;;-1;. The summed E-state index contributed by atoms with van der Waals surface area (Å²) in [6, 6.07) is 86.3. The van der Waals surface area contributed by atoms with Crippen molar-refractivity contribution in [3.05, 3.63) is 268 Å². The molecule has 0 aliphatic rings. The molecule has 72 heavy (non-hydrogen) atoms. The second-order valence-corrected chi connectivity index (χ2v) is 15.5. The second-order valence-electron chi connectivity index (χ2n) is 15.5. The predicted molar refractivity (Wildman–Crippen MR) is 303 cm³/mol. The van der Waals surface area contributed by atoms with E-state index in [9.17, 15) is 0 Å². The molecule has 0 amide bonds. The van der Waals surface area contributed by atoms with Crippen molar-refractivity contribution in [3.63, 3.8) is 0 Å². The Morgan fingerprint density at radius 2 is 0.667 bits per heavy atom. The number of nitrogens with zero attached hydrogens (tertiary/aromatic N) is 4. The van der Waals surface area contributed by atoms with Gasteiger partial charge >= 0.3 is 7.69 Å². The van der Waals surface area contributed by atoms with Crippen molar-refractivity contribution < 1.29 is 42.4 Å². The summed E-state index contributed by atoms with van der Waals surface area (Å²) in [7, 11) is 0.675. The van der Waals surface area contributed by atoms with E-state index in [2.05, 4.69) is 198 Å². The van der Waals surface area contributed by atoms with Crippen LogP contribution in [0.25, 0.3) is 77.8 Å². The first-order valence-electron chi connectivity index (χ1n) is 23.9. The van der Waals surface area contributed by atoms with Gasteiger partial charge in [0, 0.05) is 55.2 Å². The summed E-state index contributed by atoms with van der Waals surface area (Å²) in [4.78, 5) is 9.65. The van der Waals surface area contributed by atoms with Gasteiger partial charge in [-0.1, -0.05) is 215 Å². The number of fused-ring (bicyclic) bond motifs is 4. The van der Waals surface area contributed by atoms with Crippen LogP contribution >= 0.6 is 0 Å². The van der Waals surface area contributed by atoms with Gasteiger partial charge in [0.2, 0.25) is 0 Å². The zero-order chi connectivity index (χ0) is 48.9. The molecule has 2 heterocycles. The fourth-order valence-corrected chi connectivity index (χ4v) is 7.83. The first-order chi connectivity index (χ1) is 34.6. The number of para-hydroxylation sites is 6. The van der Waals surface area contributed by atoms with Crippen LogP contribution in [0, 0.1) is 14.4 Å². The summed E-state index contributed by atoms with van der Waals surface area (Å²) in [5.74, 6) is 2.41. The molecule has 10 aromatic carbocycles. The maximum Gasteiger partial charge on any atom is 0.569 e. The molecule has 0 saturated carbocycles. The third-order valence-electron chi connectivity index (χ3n) is 11.1. The van der Waals surface area contributed by atoms with Crippen molar-refractivity contribution in [1.82, 2.24) is 19.1 Å². The smallest absolute Gasteiger partial charge is 0.537 e. The molecular formula is C64H61BN4O2Y-. The summed E-state index contributed by atoms with van der Waals surface area (Å²) in [5, 5.41) is 14.0. The van der Waals surface area contributed by atoms with E-state index in [1.165, 1.54) is 27.1 Å². The van der Waals surface area contributed by atoms with Gasteiger partial charge in [0.1, 0.15) is 17.4 Å². The van der Waals surface area contributed by atoms with E-state index in [4.69, 9.17) is 19.6 Å². The number of hydrogen-bond acceptors (Lipinski definition) is 4. The summed E-state index contributed by atoms with van der Waals surface area (Å²) < 4.78 is 9.34. The Kier molecular flexibility index (Phi) is 22.4. The molecule has 0 aliphatic carbocycles. The molecule has 0 fully saturated rings. The molecule has 0 saturated heterocycles. The van der Waals surface area contributed by atoms with E-state index >= 15 is 0 Å². The minimum absolute atomic E-state index is 0. The molecule has 8 heteroatoms. The zero-order valence-corrected chi connectivity index (χ0v) is 44.9. The molecule has 0 atom stereocenters. The van der Waals surface area contributed by atoms with Gasteiger partial charge in [-0.25, -0.2) is 9.97 Å². The van der Waals surface area contributed by atoms with Gasteiger partial charge in [0.25, 0.3) is 0 Å². The van der Waals surface area contributed by atoms with Crippen LogP contribution in [0.2, 0.25) is 0 Å². The quantitative estimate of drug-likeness (QED) is 0.133. The third-order valence-corrected chi connectivity index (χ3v) is 11.1. The SMILES string of the molecule is CC.CC.Cc1ccc(-c2nc3ccccc3n2-c2ccccc2)cc1.O[B]Oc1ccc(-c2nc3ccccc3n2-c2ccccc2)cc1.[CH3-].[Y].c1ccc2ccccc2c1.c1ccc2ccccc2c1. The van der Waals surface area contributed by atoms with Gasteiger partial charge < -0.3 is 17.1 Å². The van der Waals surface area contributed by atoms with Gasteiger partial charge in [-0.05, 0) is 101 Å². The van der Waals surface area contributed by atoms with Crippen LogP contribution in [0.15, 0.2) is 255 Å². The van der Waals surface area contributed by atoms with E-state index in [1.807, 2.05) is 88.4 Å². The summed E-state index contributed by atoms with van der Waals surface area (Å²) in [5.41, 5.74) is 9.70. The van der Waals surface area contributed by atoms with Crippen molar-refractivity contribution in [2.45, 2.75) is 34.6 Å². The molecule has 6 nitrogen and oxygen atoms in total. The van der Waals surface area contributed by atoms with Crippen LogP contribution < -0.4 is 4.65 Å². The van der Waals surface area contributed by atoms with Crippen LogP contribution in [0.5, 0.6) is 5.75 Å². The molecule has 12 aromatic rings. The third kappa shape index (κ3) is 14.1. The summed E-state index contributed by atoms with van der Waals surface area (Å²) in [6.45, 7) is 10.1. The maximum absolute atomic E-state index is 8.73. The molecule has 0 aliphatic heterocycles. The Labute approximate surface area is 451 Å². The van der Waals surface area contributed by atoms with Crippen molar-refractivity contribution in [2.24, 2.45) is 0 Å². The van der Waals surface area contributed by atoms with E-state index in [0.717, 1.165) is 56.2 Å². The number of imidazole rings is 2. The first kappa shape index (κ1) is 55.5. The second kappa shape index (κ2) is 29.1. The fourth-order valence-electron chi connectivity index (χ4n) is 7.83. The number of aromatic nitrogens is 4. The van der Waals surface area contributed by atoms with E-state index < -0.39 is 0 Å². The number of hydrogen-bond donors (Lipinski definition) is 1. The minimum atomic E-state index is 0. The van der Waals surface area contributed by atoms with Crippen molar-refractivity contribution in [2.75, 3.05) is 0 Å². The molecule has 0 unspecified atom stereocenters. The summed E-state index contributed by atoms with van der Waals surface area (Å²) in [6.07, 6.45) is 0. The van der Waals surface area contributed by atoms with Gasteiger partial charge in [-0.2, -0.15) is 0 Å². The molecular weight excluding hydrogens is 956 g/mol. The topological polar surface area (TPSA) is 65.1 Å². The Morgan fingerprint density at radius 1 is 0.375 bits per heavy atom. The normalized spacial score (nSPS) is 9.86. The Bertz CT molecular complexity index is 3250. The first-order valence-corrected chi connectivity index (χ1v) is 23.9. The van der Waals surface area contributed by atoms with Crippen LogP contribution in [-0.4, -0.2) is 31.8 Å². The molecule has 0 spiro atoms. The maximum atomic E-state index is 8.73. The van der Waals surface area contributed by atoms with Crippen molar-refractivity contribution >= 4 is 51.3 Å². The minimum Gasteiger partial charge on any atom is -0.537 e. The monoisotopic (exact) mass is 1020 g/mol. The Morgan fingerprint density at radius 3 is 1.00 bits per heavy atom. The van der Waals surface area contributed by atoms with Crippen LogP contribution in [-0.2, 0) is 32.7 Å². The van der Waals surface area contributed by atoms with Gasteiger partial charge in [0.05, 0.1) is 22.1 Å². The Hall–Kier alpha value is -7.41. The largest absolute Gasteiger partial charge is 0.569 e. The van der Waals surface area contributed by atoms with Gasteiger partial charge in [0.15, 0.2) is 0 Å². The zero-order valence-electron chi connectivity index (χ0n) is 42.0. The molecule has 2 radical (unpaired) electrons. The Balaban J connectivity index is 0.000000183. The number of rotatable bonds is 6. The van der Waals surface area contributed by atoms with Crippen LogP contribution in [0.3, 0.4) is 0 Å². The molecule has 2 aromatic heterocycles. The molecule has 1 N–H and O–H groups in total. The molecule has 12 rings (SSSR count). The predicted octanol–water partition coefficient (Wildman–Crippen LogP) is 16.8. The van der Waals surface area contributed by atoms with Crippen LogP contribution in [0.1, 0.15) is 33.3 Å². The van der Waals surface area contributed by atoms with Gasteiger partial charge in [-0.15, -0.1) is 0 Å². The van der Waals surface area contributed by atoms with E-state index in [1.54, 1.807) is 12.1 Å². The molecule has 356 valence electrons. The van der Waals surface area contributed by atoms with Gasteiger partial charge in [-0.3, -0.25) is 9.13 Å². The fraction of sp³-hybridized carbons (Fsp3) is 0.0781. The van der Waals surface area contributed by atoms with Crippen molar-refractivity contribution in [3.8, 4) is 39.9 Å². The van der Waals surface area contributed by atoms with E-state index in [-0.39, 0.29) is 40.1 Å². The van der Waals surface area contributed by atoms with Crippen molar-refractivity contribution in [1.29, 1.82) is 0 Å². The average Bonchev–Trinajstić information content (AvgIpc) is 4.03. The average molecular weight is 1020 g/mol. The van der Waals surface area contributed by atoms with Crippen LogP contribution in [0.4, 0.5) is 0 Å². The van der Waals surface area contributed by atoms with E-state index in [0.29, 0.717) is 13.4 Å². The summed E-state index contributed by atoms with van der Waals surface area (Å²) >= 11 is 0. The molecule has 0 bridgehead atoms.